The highest BCUT2D eigenvalue weighted by atomic mass is 32.1. The van der Waals surface area contributed by atoms with Crippen molar-refractivity contribution in [2.24, 2.45) is 0 Å². The van der Waals surface area contributed by atoms with E-state index in [2.05, 4.69) is 5.32 Å². The van der Waals surface area contributed by atoms with Gasteiger partial charge in [0.25, 0.3) is 0 Å². The summed E-state index contributed by atoms with van der Waals surface area (Å²) >= 11 is 1.38. The molecule has 0 radical (unpaired) electrons. The summed E-state index contributed by atoms with van der Waals surface area (Å²) in [5.41, 5.74) is -0.116. The molecule has 20 heavy (non-hydrogen) atoms. The van der Waals surface area contributed by atoms with Gasteiger partial charge in [-0.05, 0) is 35.7 Å². The Hall–Kier alpha value is -1.82. The first-order valence-corrected chi connectivity index (χ1v) is 6.82. The van der Waals surface area contributed by atoms with Crippen molar-refractivity contribution in [2.75, 3.05) is 11.9 Å². The van der Waals surface area contributed by atoms with Gasteiger partial charge in [-0.2, -0.15) is 13.2 Å². The Bertz CT molecular complexity index is 561. The molecule has 0 saturated carbocycles. The number of anilines is 1. The summed E-state index contributed by atoms with van der Waals surface area (Å²) < 4.78 is 37.1. The maximum Gasteiger partial charge on any atom is 0.416 e. The van der Waals surface area contributed by atoms with Crippen molar-refractivity contribution in [3.8, 4) is 0 Å². The summed E-state index contributed by atoms with van der Waals surface area (Å²) in [4.78, 5) is 12.4. The Labute approximate surface area is 118 Å². The number of halogens is 3. The van der Waals surface area contributed by atoms with Crippen molar-refractivity contribution in [1.82, 2.24) is 0 Å². The summed E-state index contributed by atoms with van der Waals surface area (Å²) in [7, 11) is 0. The average molecular weight is 299 g/mol. The number of hydrogen-bond donors (Lipinski definition) is 1. The molecular weight excluding hydrogens is 287 g/mol. The van der Waals surface area contributed by atoms with E-state index in [1.807, 2.05) is 5.38 Å². The first kappa shape index (κ1) is 14.6. The minimum Gasteiger partial charge on any atom is -0.385 e. The van der Waals surface area contributed by atoms with Crippen molar-refractivity contribution in [3.63, 3.8) is 0 Å². The van der Waals surface area contributed by atoms with E-state index in [1.54, 1.807) is 12.1 Å². The minimum atomic E-state index is -4.33. The molecule has 1 aromatic heterocycles. The van der Waals surface area contributed by atoms with E-state index in [0.717, 1.165) is 12.1 Å². The van der Waals surface area contributed by atoms with E-state index >= 15 is 0 Å². The normalized spacial score (nSPS) is 11.3. The van der Waals surface area contributed by atoms with Crippen molar-refractivity contribution in [2.45, 2.75) is 12.6 Å². The largest absolute Gasteiger partial charge is 0.416 e. The fourth-order valence-corrected chi connectivity index (χ4v) is 2.35. The van der Waals surface area contributed by atoms with Crippen molar-refractivity contribution in [3.05, 3.63) is 52.2 Å². The number of thiophene rings is 1. The van der Waals surface area contributed by atoms with Crippen LogP contribution in [0.3, 0.4) is 0 Å². The number of carbonyl (C=O) groups excluding carboxylic acids is 1. The van der Waals surface area contributed by atoms with Gasteiger partial charge in [-0.3, -0.25) is 4.79 Å². The molecule has 0 bridgehead atoms. The zero-order valence-corrected chi connectivity index (χ0v) is 11.2. The van der Waals surface area contributed by atoms with E-state index in [-0.39, 0.29) is 5.78 Å². The molecule has 6 heteroatoms. The molecule has 2 nitrogen and oxygen atoms in total. The van der Waals surface area contributed by atoms with Gasteiger partial charge in [-0.1, -0.05) is 6.07 Å². The predicted octanol–water partition coefficient (Wildman–Crippen LogP) is 4.45. The fourth-order valence-electron chi connectivity index (χ4n) is 1.66. The standard InChI is InChI=1S/C14H12F3NOS/c15-14(16,17)10-3-5-11(6-4-10)18-8-7-12(19)13-2-1-9-20-13/h1-6,9,18H,7-8H2. The molecule has 0 saturated heterocycles. The lowest BCUT2D eigenvalue weighted by Gasteiger charge is -2.09. The number of carbonyl (C=O) groups is 1. The number of Topliss-reactive ketones (excluding diaryl/α,β-unsaturated/α-hetero) is 1. The summed E-state index contributed by atoms with van der Waals surface area (Å²) in [6, 6.07) is 8.32. The van der Waals surface area contributed by atoms with Crippen LogP contribution in [-0.4, -0.2) is 12.3 Å². The van der Waals surface area contributed by atoms with Crippen LogP contribution in [0, 0.1) is 0 Å². The number of rotatable bonds is 5. The van der Waals surface area contributed by atoms with E-state index in [4.69, 9.17) is 0 Å². The zero-order valence-electron chi connectivity index (χ0n) is 10.4. The summed E-state index contributed by atoms with van der Waals surface area (Å²) in [6.07, 6.45) is -4.02. The van der Waals surface area contributed by atoms with Crippen LogP contribution < -0.4 is 5.32 Å². The molecule has 1 N–H and O–H groups in total. The van der Waals surface area contributed by atoms with Crippen LogP contribution in [0.4, 0.5) is 18.9 Å². The molecule has 1 heterocycles. The van der Waals surface area contributed by atoms with Crippen LogP contribution in [0.5, 0.6) is 0 Å². The van der Waals surface area contributed by atoms with Crippen molar-refractivity contribution >= 4 is 22.8 Å². The molecule has 2 aromatic rings. The quantitative estimate of drug-likeness (QED) is 0.826. The molecule has 0 aliphatic carbocycles. The maximum atomic E-state index is 12.4. The van der Waals surface area contributed by atoms with Crippen LogP contribution in [0.25, 0.3) is 0 Å². The van der Waals surface area contributed by atoms with Crippen molar-refractivity contribution < 1.29 is 18.0 Å². The second kappa shape index (κ2) is 6.09. The van der Waals surface area contributed by atoms with Gasteiger partial charge in [-0.25, -0.2) is 0 Å². The van der Waals surface area contributed by atoms with Gasteiger partial charge in [0.1, 0.15) is 0 Å². The average Bonchev–Trinajstić information content (AvgIpc) is 2.92. The third-order valence-electron chi connectivity index (χ3n) is 2.69. The molecule has 0 spiro atoms. The number of ketones is 1. The maximum absolute atomic E-state index is 12.4. The fraction of sp³-hybridized carbons (Fsp3) is 0.214. The molecule has 1 aromatic carbocycles. The summed E-state index contributed by atoms with van der Waals surface area (Å²) in [5, 5.41) is 4.76. The Morgan fingerprint density at radius 1 is 1.15 bits per heavy atom. The molecule has 0 atom stereocenters. The topological polar surface area (TPSA) is 29.1 Å². The van der Waals surface area contributed by atoms with E-state index in [0.29, 0.717) is 23.5 Å². The van der Waals surface area contributed by atoms with Crippen LogP contribution in [-0.2, 0) is 6.18 Å². The third-order valence-corrected chi connectivity index (χ3v) is 3.60. The highest BCUT2D eigenvalue weighted by Gasteiger charge is 2.29. The second-order valence-electron chi connectivity index (χ2n) is 4.15. The number of hydrogen-bond acceptors (Lipinski definition) is 3. The van der Waals surface area contributed by atoms with Crippen LogP contribution in [0.2, 0.25) is 0 Å². The summed E-state index contributed by atoms with van der Waals surface area (Å²) in [5.74, 6) is 0.0272. The van der Waals surface area contributed by atoms with E-state index in [1.165, 1.54) is 23.5 Å². The Morgan fingerprint density at radius 3 is 2.40 bits per heavy atom. The SMILES string of the molecule is O=C(CCNc1ccc(C(F)(F)F)cc1)c1cccs1. The van der Waals surface area contributed by atoms with E-state index in [9.17, 15) is 18.0 Å². The molecule has 0 unspecified atom stereocenters. The van der Waals surface area contributed by atoms with Gasteiger partial charge >= 0.3 is 6.18 Å². The first-order valence-electron chi connectivity index (χ1n) is 5.94. The molecule has 0 fully saturated rings. The summed E-state index contributed by atoms with van der Waals surface area (Å²) in [6.45, 7) is 0.391. The Balaban J connectivity index is 1.84. The molecule has 0 aliphatic heterocycles. The molecular formula is C14H12F3NOS. The van der Waals surface area contributed by atoms with Gasteiger partial charge in [-0.15, -0.1) is 11.3 Å². The Kier molecular flexibility index (Phi) is 4.44. The van der Waals surface area contributed by atoms with Crippen LogP contribution in [0.1, 0.15) is 21.7 Å². The predicted molar refractivity (Wildman–Crippen MR) is 73.2 cm³/mol. The molecule has 0 amide bonds. The van der Waals surface area contributed by atoms with E-state index < -0.39 is 11.7 Å². The lowest BCUT2D eigenvalue weighted by molar-refractivity contribution is -0.137. The smallest absolute Gasteiger partial charge is 0.385 e. The number of nitrogens with one attached hydrogen (secondary N) is 1. The van der Waals surface area contributed by atoms with Gasteiger partial charge in [0, 0.05) is 18.7 Å². The molecule has 0 aliphatic rings. The number of benzene rings is 1. The zero-order chi connectivity index (χ0) is 14.6. The lowest BCUT2D eigenvalue weighted by atomic mass is 10.2. The second-order valence-corrected chi connectivity index (χ2v) is 5.10. The Morgan fingerprint density at radius 2 is 1.85 bits per heavy atom. The van der Waals surface area contributed by atoms with Crippen LogP contribution in [0.15, 0.2) is 41.8 Å². The highest BCUT2D eigenvalue weighted by molar-refractivity contribution is 7.12. The molecule has 2 rings (SSSR count). The van der Waals surface area contributed by atoms with Crippen LogP contribution >= 0.6 is 11.3 Å². The highest BCUT2D eigenvalue weighted by Crippen LogP contribution is 2.29. The van der Waals surface area contributed by atoms with Gasteiger partial charge < -0.3 is 5.32 Å². The first-order chi connectivity index (χ1) is 9.47. The van der Waals surface area contributed by atoms with Gasteiger partial charge in [0.2, 0.25) is 0 Å². The molecule has 106 valence electrons. The monoisotopic (exact) mass is 299 g/mol. The van der Waals surface area contributed by atoms with Crippen molar-refractivity contribution in [1.29, 1.82) is 0 Å². The lowest BCUT2D eigenvalue weighted by Crippen LogP contribution is -2.08. The van der Waals surface area contributed by atoms with Gasteiger partial charge in [0.15, 0.2) is 5.78 Å². The van der Waals surface area contributed by atoms with Gasteiger partial charge in [0.05, 0.1) is 10.4 Å². The minimum absolute atomic E-state index is 0.0272. The third kappa shape index (κ3) is 3.84. The number of alkyl halides is 3.